The van der Waals surface area contributed by atoms with Crippen LogP contribution in [0.15, 0.2) is 40.9 Å². The smallest absolute Gasteiger partial charge is 0.345 e. The number of carbonyl (C=O) groups is 1. The second kappa shape index (κ2) is 8.04. The number of hydrogen-bond donors (Lipinski definition) is 0. The second-order valence-corrected chi connectivity index (χ2v) is 7.80. The third-order valence-corrected chi connectivity index (χ3v) is 5.45. The molecule has 0 spiro atoms. The number of ether oxygens (including phenoxy) is 1. The minimum absolute atomic E-state index is 0.218. The van der Waals surface area contributed by atoms with Crippen LogP contribution in [0.2, 0.25) is 10.0 Å². The van der Waals surface area contributed by atoms with E-state index >= 15 is 0 Å². The molecule has 3 rings (SSSR count). The van der Waals surface area contributed by atoms with Crippen molar-refractivity contribution in [2.45, 2.75) is 12.8 Å². The van der Waals surface area contributed by atoms with E-state index in [1.165, 1.54) is 6.07 Å². The summed E-state index contributed by atoms with van der Waals surface area (Å²) in [6, 6.07) is 10.1. The second-order valence-electron chi connectivity index (χ2n) is 5.65. The summed E-state index contributed by atoms with van der Waals surface area (Å²) in [5, 5.41) is 0.704. The Morgan fingerprint density at radius 3 is 2.52 bits per heavy atom. The molecule has 7 heteroatoms. The lowest BCUT2D eigenvalue weighted by atomic mass is 10.1. The van der Waals surface area contributed by atoms with Gasteiger partial charge >= 0.3 is 5.97 Å². The highest BCUT2D eigenvalue weighted by molar-refractivity contribution is 9.10. The molecule has 0 bridgehead atoms. The lowest BCUT2D eigenvalue weighted by Gasteiger charge is -2.20. The number of thiocarbonyl (C=S) groups is 1. The summed E-state index contributed by atoms with van der Waals surface area (Å²) in [5.74, 6) is -0.165. The first-order valence-corrected chi connectivity index (χ1v) is 9.67. The van der Waals surface area contributed by atoms with Crippen molar-refractivity contribution in [1.29, 1.82) is 0 Å². The number of carbonyl (C=O) groups excluding carboxylic acids is 1. The maximum absolute atomic E-state index is 12.5. The monoisotopic (exact) mass is 457 g/mol. The Hall–Kier alpha value is -1.14. The van der Waals surface area contributed by atoms with Crippen molar-refractivity contribution in [1.82, 2.24) is 4.90 Å². The number of benzene rings is 2. The van der Waals surface area contributed by atoms with E-state index in [9.17, 15) is 4.79 Å². The highest BCUT2D eigenvalue weighted by Crippen LogP contribution is 2.29. The van der Waals surface area contributed by atoms with E-state index in [2.05, 4.69) is 20.8 Å². The zero-order valence-corrected chi connectivity index (χ0v) is 17.0. The van der Waals surface area contributed by atoms with Crippen LogP contribution >= 0.6 is 51.3 Å². The molecule has 0 atom stereocenters. The van der Waals surface area contributed by atoms with Crippen LogP contribution in [0.1, 0.15) is 28.8 Å². The summed E-state index contributed by atoms with van der Waals surface area (Å²) in [6.07, 6.45) is 2.22. The normalized spacial score (nSPS) is 13.8. The highest BCUT2D eigenvalue weighted by Gasteiger charge is 2.22. The van der Waals surface area contributed by atoms with Gasteiger partial charge in [-0.25, -0.2) is 4.79 Å². The van der Waals surface area contributed by atoms with Crippen molar-refractivity contribution >= 4 is 62.3 Å². The van der Waals surface area contributed by atoms with Gasteiger partial charge in [-0.15, -0.1) is 0 Å². The molecule has 0 saturated carbocycles. The number of esters is 1. The van der Waals surface area contributed by atoms with Gasteiger partial charge in [-0.2, -0.15) is 0 Å². The van der Waals surface area contributed by atoms with Crippen LogP contribution < -0.4 is 4.74 Å². The zero-order chi connectivity index (χ0) is 18.0. The molecule has 0 unspecified atom stereocenters. The van der Waals surface area contributed by atoms with Crippen LogP contribution in [0.25, 0.3) is 0 Å². The van der Waals surface area contributed by atoms with E-state index in [-0.39, 0.29) is 10.6 Å². The molecule has 0 amide bonds. The minimum atomic E-state index is -0.569. The summed E-state index contributed by atoms with van der Waals surface area (Å²) >= 11 is 21.1. The van der Waals surface area contributed by atoms with Gasteiger partial charge in [0, 0.05) is 22.6 Å². The minimum Gasteiger partial charge on any atom is -0.422 e. The molecular formula is C18H14BrCl2NO2S. The van der Waals surface area contributed by atoms with Gasteiger partial charge in [-0.1, -0.05) is 51.3 Å². The molecule has 1 fully saturated rings. The Bertz CT molecular complexity index is 838. The van der Waals surface area contributed by atoms with Crippen LogP contribution in [0.4, 0.5) is 0 Å². The van der Waals surface area contributed by atoms with Crippen molar-refractivity contribution in [2.75, 3.05) is 13.1 Å². The average Bonchev–Trinajstić information content (AvgIpc) is 3.12. The van der Waals surface area contributed by atoms with Gasteiger partial charge in [0.25, 0.3) is 0 Å². The third kappa shape index (κ3) is 4.34. The summed E-state index contributed by atoms with van der Waals surface area (Å²) in [4.78, 5) is 15.3. The topological polar surface area (TPSA) is 29.5 Å². The number of likely N-dealkylation sites (tertiary alicyclic amines) is 1. The molecule has 0 N–H and O–H groups in total. The molecule has 0 aliphatic carbocycles. The molecule has 1 aliphatic rings. The molecule has 3 nitrogen and oxygen atoms in total. The number of halogens is 3. The van der Waals surface area contributed by atoms with E-state index in [0.717, 1.165) is 30.4 Å². The van der Waals surface area contributed by atoms with Crippen LogP contribution in [0.5, 0.6) is 5.75 Å². The Morgan fingerprint density at radius 2 is 1.80 bits per heavy atom. The van der Waals surface area contributed by atoms with Gasteiger partial charge in [0.1, 0.15) is 10.7 Å². The quantitative estimate of drug-likeness (QED) is 0.333. The zero-order valence-electron chi connectivity index (χ0n) is 13.1. The number of hydrogen-bond acceptors (Lipinski definition) is 3. The van der Waals surface area contributed by atoms with Gasteiger partial charge in [0.2, 0.25) is 0 Å². The molecule has 1 saturated heterocycles. The van der Waals surface area contributed by atoms with Crippen LogP contribution in [-0.2, 0) is 0 Å². The van der Waals surface area contributed by atoms with Gasteiger partial charge in [0.05, 0.1) is 16.1 Å². The molecule has 0 radical (unpaired) electrons. The fraction of sp³-hybridized carbons (Fsp3) is 0.222. The van der Waals surface area contributed by atoms with Gasteiger partial charge in [-0.05, 0) is 49.2 Å². The molecule has 1 heterocycles. The first kappa shape index (κ1) is 18.6. The first-order valence-electron chi connectivity index (χ1n) is 7.72. The average molecular weight is 459 g/mol. The summed E-state index contributed by atoms with van der Waals surface area (Å²) in [7, 11) is 0. The fourth-order valence-electron chi connectivity index (χ4n) is 2.66. The van der Waals surface area contributed by atoms with E-state index < -0.39 is 5.97 Å². The number of nitrogens with zero attached hydrogens (tertiary/aromatic N) is 1. The van der Waals surface area contributed by atoms with E-state index in [1.54, 1.807) is 24.3 Å². The molecule has 25 heavy (non-hydrogen) atoms. The first-order chi connectivity index (χ1) is 12.0. The van der Waals surface area contributed by atoms with Gasteiger partial charge in [0.15, 0.2) is 0 Å². The van der Waals surface area contributed by atoms with Crippen molar-refractivity contribution < 1.29 is 9.53 Å². The molecule has 130 valence electrons. The maximum atomic E-state index is 12.5. The van der Waals surface area contributed by atoms with Crippen LogP contribution in [-0.4, -0.2) is 28.9 Å². The van der Waals surface area contributed by atoms with E-state index in [0.29, 0.717) is 21.3 Å². The molecule has 1 aliphatic heterocycles. The fourth-order valence-corrected chi connectivity index (χ4v) is 3.73. The SMILES string of the molecule is O=C(Oc1ccc(Br)cc1C(=S)N1CCCC1)c1cc(Cl)ccc1Cl. The van der Waals surface area contributed by atoms with Gasteiger partial charge in [-0.3, -0.25) is 0 Å². The predicted octanol–water partition coefficient (Wildman–Crippen LogP) is 5.75. The summed E-state index contributed by atoms with van der Waals surface area (Å²) < 4.78 is 6.45. The van der Waals surface area contributed by atoms with Crippen molar-refractivity contribution in [2.24, 2.45) is 0 Å². The molecule has 0 aromatic heterocycles. The van der Waals surface area contributed by atoms with Crippen LogP contribution in [0.3, 0.4) is 0 Å². The van der Waals surface area contributed by atoms with E-state index in [1.807, 2.05) is 6.07 Å². The van der Waals surface area contributed by atoms with Crippen molar-refractivity contribution in [3.05, 3.63) is 62.0 Å². The van der Waals surface area contributed by atoms with Gasteiger partial charge < -0.3 is 9.64 Å². The lowest BCUT2D eigenvalue weighted by molar-refractivity contribution is 0.0734. The Balaban J connectivity index is 1.90. The molecule has 2 aromatic rings. The van der Waals surface area contributed by atoms with Crippen molar-refractivity contribution in [3.63, 3.8) is 0 Å². The Morgan fingerprint density at radius 1 is 1.08 bits per heavy atom. The summed E-state index contributed by atoms with van der Waals surface area (Å²) in [5.41, 5.74) is 0.924. The Labute approximate surface area is 170 Å². The Kier molecular flexibility index (Phi) is 6.00. The standard InChI is InChI=1S/C18H14BrCl2NO2S/c19-11-3-6-16(14(9-11)17(25)22-7-1-2-8-22)24-18(23)13-10-12(20)4-5-15(13)21/h3-6,9-10H,1-2,7-8H2. The number of rotatable bonds is 3. The van der Waals surface area contributed by atoms with Crippen molar-refractivity contribution in [3.8, 4) is 5.75 Å². The lowest BCUT2D eigenvalue weighted by Crippen LogP contribution is -2.27. The molecular weight excluding hydrogens is 445 g/mol. The third-order valence-electron chi connectivity index (χ3n) is 3.92. The highest BCUT2D eigenvalue weighted by atomic mass is 79.9. The maximum Gasteiger partial charge on any atom is 0.345 e. The van der Waals surface area contributed by atoms with Crippen LogP contribution in [0, 0.1) is 0 Å². The largest absolute Gasteiger partial charge is 0.422 e. The molecule has 2 aromatic carbocycles. The predicted molar refractivity (Wildman–Crippen MR) is 108 cm³/mol. The van der Waals surface area contributed by atoms with E-state index in [4.69, 9.17) is 40.2 Å². The summed E-state index contributed by atoms with van der Waals surface area (Å²) in [6.45, 7) is 1.83.